The van der Waals surface area contributed by atoms with Gasteiger partial charge in [0.25, 0.3) is 0 Å². The highest BCUT2D eigenvalue weighted by atomic mass is 33.1. The number of nitrogens with one attached hydrogen (secondary N) is 1. The van der Waals surface area contributed by atoms with E-state index in [2.05, 4.69) is 19.2 Å². The number of carbonyl (C=O) groups is 1. The Kier molecular flexibility index (Phi) is 17.1. The second-order valence-corrected chi connectivity index (χ2v) is 6.99. The lowest BCUT2D eigenvalue weighted by Crippen LogP contribution is -2.32. The number of aliphatic hydroxyl groups is 1. The fourth-order valence-electron chi connectivity index (χ4n) is 0.875. The van der Waals surface area contributed by atoms with Crippen molar-refractivity contribution < 1.29 is 19.5 Å². The van der Waals surface area contributed by atoms with Gasteiger partial charge in [0, 0.05) is 18.1 Å². The Bertz CT molecular complexity index is 256. The largest absolute Gasteiger partial charge is 0.396 e. The van der Waals surface area contributed by atoms with Crippen molar-refractivity contribution in [2.75, 3.05) is 24.7 Å². The summed E-state index contributed by atoms with van der Waals surface area (Å²) in [5.74, 6) is 2.50. The van der Waals surface area contributed by atoms with E-state index < -0.39 is 0 Å². The van der Waals surface area contributed by atoms with Crippen LogP contribution in [0.3, 0.4) is 0 Å². The van der Waals surface area contributed by atoms with Crippen LogP contribution < -0.4 is 5.32 Å². The molecule has 1 amide bonds. The maximum atomic E-state index is 11.3. The third-order valence-corrected chi connectivity index (χ3v) is 4.51. The smallest absolute Gasteiger partial charge is 0.373 e. The second kappa shape index (κ2) is 15.6. The molecule has 0 fully saturated rings. The average Bonchev–Trinajstić information content (AvgIpc) is 2.37. The van der Waals surface area contributed by atoms with Gasteiger partial charge in [0.05, 0.1) is 12.5 Å². The Morgan fingerprint density at radius 3 is 2.21 bits per heavy atom. The van der Waals surface area contributed by atoms with E-state index in [4.69, 9.17) is 14.7 Å². The molecule has 0 radical (unpaired) electrons. The molecule has 19 heavy (non-hydrogen) atoms. The van der Waals surface area contributed by atoms with Crippen LogP contribution in [0, 0.1) is 11.8 Å². The molecule has 0 aromatic rings. The maximum Gasteiger partial charge on any atom is 0.373 e. The van der Waals surface area contributed by atoms with Crippen LogP contribution in [0.2, 0.25) is 0 Å². The monoisotopic (exact) mass is 309 g/mol. The number of hydrogen-bond donors (Lipinski definition) is 2. The summed E-state index contributed by atoms with van der Waals surface area (Å²) in [7, 11) is 3.66. The molecular formula is C12H23NO4S2. The summed E-state index contributed by atoms with van der Waals surface area (Å²) >= 11 is 0. The van der Waals surface area contributed by atoms with Crippen molar-refractivity contribution in [3.63, 3.8) is 0 Å². The molecule has 0 spiro atoms. The van der Waals surface area contributed by atoms with Crippen molar-refractivity contribution in [1.82, 2.24) is 5.32 Å². The average molecular weight is 309 g/mol. The van der Waals surface area contributed by atoms with Gasteiger partial charge in [-0.2, -0.15) is 9.59 Å². The van der Waals surface area contributed by atoms with Gasteiger partial charge in [-0.05, 0) is 12.3 Å². The minimum atomic E-state index is -0.293. The van der Waals surface area contributed by atoms with Crippen molar-refractivity contribution >= 4 is 33.6 Å². The van der Waals surface area contributed by atoms with Gasteiger partial charge in [0.1, 0.15) is 0 Å². The van der Waals surface area contributed by atoms with E-state index in [1.54, 1.807) is 17.7 Å². The zero-order chi connectivity index (χ0) is 15.1. The van der Waals surface area contributed by atoms with Gasteiger partial charge in [-0.15, -0.1) is 0 Å². The third kappa shape index (κ3) is 17.5. The normalized spacial score (nSPS) is 11.2. The summed E-state index contributed by atoms with van der Waals surface area (Å²) in [6.45, 7) is 6.77. The van der Waals surface area contributed by atoms with Crippen LogP contribution in [0.25, 0.3) is 0 Å². The lowest BCUT2D eigenvalue weighted by Gasteiger charge is -2.09. The molecule has 0 saturated heterocycles. The van der Waals surface area contributed by atoms with Gasteiger partial charge in [-0.1, -0.05) is 42.4 Å². The number of amides is 1. The highest BCUT2D eigenvalue weighted by Gasteiger charge is 2.09. The lowest BCUT2D eigenvalue weighted by molar-refractivity contribution is -0.191. The summed E-state index contributed by atoms with van der Waals surface area (Å²) in [5, 5.41) is 11.6. The first-order valence-corrected chi connectivity index (χ1v) is 8.60. The van der Waals surface area contributed by atoms with Crippen LogP contribution in [0.4, 0.5) is 0 Å². The Morgan fingerprint density at radius 2 is 1.74 bits per heavy atom. The highest BCUT2D eigenvalue weighted by Crippen LogP contribution is 2.22. The molecule has 1 atom stereocenters. The van der Waals surface area contributed by atoms with Crippen molar-refractivity contribution in [3.8, 4) is 0 Å². The van der Waals surface area contributed by atoms with Gasteiger partial charge in [0.15, 0.2) is 0 Å². The third-order valence-electron chi connectivity index (χ3n) is 2.07. The Hall–Kier alpha value is -0.490. The predicted molar refractivity (Wildman–Crippen MR) is 78.6 cm³/mol. The van der Waals surface area contributed by atoms with Crippen molar-refractivity contribution in [2.24, 2.45) is 11.8 Å². The minimum Gasteiger partial charge on any atom is -0.396 e. The van der Waals surface area contributed by atoms with Crippen molar-refractivity contribution in [2.45, 2.75) is 27.2 Å². The number of rotatable bonds is 9. The zero-order valence-electron chi connectivity index (χ0n) is 11.7. The van der Waals surface area contributed by atoms with Gasteiger partial charge in [0.2, 0.25) is 5.91 Å². The highest BCUT2D eigenvalue weighted by molar-refractivity contribution is 8.76. The first kappa shape index (κ1) is 20.8. The molecular weight excluding hydrogens is 286 g/mol. The van der Waals surface area contributed by atoms with E-state index >= 15 is 0 Å². The molecule has 7 heteroatoms. The van der Waals surface area contributed by atoms with Crippen LogP contribution in [0.5, 0.6) is 0 Å². The van der Waals surface area contributed by atoms with Crippen LogP contribution in [0.1, 0.15) is 27.2 Å². The molecule has 0 aliphatic carbocycles. The molecule has 0 rings (SSSR count). The minimum absolute atomic E-state index is 0.0599. The summed E-state index contributed by atoms with van der Waals surface area (Å²) in [4.78, 5) is 27.5. The molecule has 0 aliphatic heterocycles. The van der Waals surface area contributed by atoms with Crippen LogP contribution in [0.15, 0.2) is 0 Å². The van der Waals surface area contributed by atoms with E-state index in [1.807, 2.05) is 10.8 Å². The summed E-state index contributed by atoms with van der Waals surface area (Å²) in [6.07, 6.45) is 1.49. The summed E-state index contributed by atoms with van der Waals surface area (Å²) in [5.41, 5.74) is 0. The van der Waals surface area contributed by atoms with E-state index in [-0.39, 0.29) is 24.6 Å². The van der Waals surface area contributed by atoms with Crippen molar-refractivity contribution in [1.29, 1.82) is 0 Å². The molecule has 0 heterocycles. The van der Waals surface area contributed by atoms with Gasteiger partial charge in [-0.25, -0.2) is 0 Å². The first-order chi connectivity index (χ1) is 8.99. The fourth-order valence-corrected chi connectivity index (χ4v) is 3.11. The quantitative estimate of drug-likeness (QED) is 0.497. The van der Waals surface area contributed by atoms with Crippen LogP contribution >= 0.6 is 21.6 Å². The van der Waals surface area contributed by atoms with E-state index in [0.717, 1.165) is 11.7 Å². The standard InChI is InChI=1S/C11H23NO2S2.CO2/c1-9(2)4-6-15-16-7-5-12-11(14)10(3)8-13;2-1-3/h9-10,13H,4-8H2,1-3H3,(H,12,14);/t10-;/m1./s1. The van der Waals surface area contributed by atoms with Crippen molar-refractivity contribution in [3.05, 3.63) is 0 Å². The molecule has 0 aromatic heterocycles. The summed E-state index contributed by atoms with van der Waals surface area (Å²) in [6, 6.07) is 0. The van der Waals surface area contributed by atoms with Gasteiger partial charge >= 0.3 is 6.15 Å². The van der Waals surface area contributed by atoms with E-state index in [9.17, 15) is 4.79 Å². The van der Waals surface area contributed by atoms with Crippen LogP contribution in [-0.2, 0) is 14.4 Å². The van der Waals surface area contributed by atoms with Gasteiger partial charge in [-0.3, -0.25) is 4.79 Å². The Balaban J connectivity index is 0. The van der Waals surface area contributed by atoms with E-state index in [0.29, 0.717) is 6.54 Å². The molecule has 5 nitrogen and oxygen atoms in total. The Morgan fingerprint density at radius 1 is 1.21 bits per heavy atom. The zero-order valence-corrected chi connectivity index (χ0v) is 13.3. The predicted octanol–water partition coefficient (Wildman–Crippen LogP) is 1.57. The molecule has 0 unspecified atom stereocenters. The van der Waals surface area contributed by atoms with Gasteiger partial charge < -0.3 is 10.4 Å². The lowest BCUT2D eigenvalue weighted by atomic mass is 10.2. The summed E-state index contributed by atoms with van der Waals surface area (Å²) < 4.78 is 0. The first-order valence-electron chi connectivity index (χ1n) is 6.11. The fraction of sp³-hybridized carbons (Fsp3) is 0.833. The molecule has 0 saturated carbocycles. The molecule has 2 N–H and O–H groups in total. The molecule has 112 valence electrons. The number of aliphatic hydroxyl groups excluding tert-OH is 1. The molecule has 0 bridgehead atoms. The topological polar surface area (TPSA) is 83.5 Å². The SMILES string of the molecule is CC(C)CCSSCCNC(=O)[C@H](C)CO.O=C=O. The number of carbonyl (C=O) groups excluding carboxylic acids is 3. The Labute approximate surface area is 122 Å². The van der Waals surface area contributed by atoms with E-state index in [1.165, 1.54) is 12.2 Å². The molecule has 0 aliphatic rings. The van der Waals surface area contributed by atoms with Crippen LogP contribution in [-0.4, -0.2) is 41.8 Å². The number of hydrogen-bond acceptors (Lipinski definition) is 6. The molecule has 0 aromatic carbocycles. The second-order valence-electron chi connectivity index (χ2n) is 4.28. The maximum absolute atomic E-state index is 11.3.